The van der Waals surface area contributed by atoms with Crippen molar-refractivity contribution in [3.63, 3.8) is 0 Å². The summed E-state index contributed by atoms with van der Waals surface area (Å²) in [6, 6.07) is 4.26. The Morgan fingerprint density at radius 1 is 1.42 bits per heavy atom. The third-order valence-corrected chi connectivity index (χ3v) is 3.07. The Morgan fingerprint density at radius 2 is 2.16 bits per heavy atom. The Balaban J connectivity index is 2.55. The van der Waals surface area contributed by atoms with Gasteiger partial charge in [-0.05, 0) is 45.2 Å². The molecular weight excluding hydrogens is 238 g/mol. The van der Waals surface area contributed by atoms with Gasteiger partial charge in [0.15, 0.2) is 0 Å². The molecule has 0 saturated heterocycles. The third-order valence-electron chi connectivity index (χ3n) is 3.07. The molecule has 0 aliphatic heterocycles. The van der Waals surface area contributed by atoms with Crippen LogP contribution in [0.15, 0.2) is 24.5 Å². The fourth-order valence-electron chi connectivity index (χ4n) is 1.97. The van der Waals surface area contributed by atoms with Gasteiger partial charge in [0, 0.05) is 37.4 Å². The van der Waals surface area contributed by atoms with E-state index in [-0.39, 0.29) is 18.0 Å². The molecule has 1 unspecified atom stereocenters. The summed E-state index contributed by atoms with van der Waals surface area (Å²) in [4.78, 5) is 18.2. The quantitative estimate of drug-likeness (QED) is 0.821. The maximum absolute atomic E-state index is 12.2. The maximum Gasteiger partial charge on any atom is 0.223 e. The zero-order valence-corrected chi connectivity index (χ0v) is 12.2. The number of amides is 1. The molecule has 106 valence electrons. The summed E-state index contributed by atoms with van der Waals surface area (Å²) in [6.45, 7) is 6.68. The fraction of sp³-hybridized carbons (Fsp3) is 0.600. The number of nitrogens with zero attached hydrogens (tertiary/aromatic N) is 2. The summed E-state index contributed by atoms with van der Waals surface area (Å²) >= 11 is 0. The van der Waals surface area contributed by atoms with Crippen LogP contribution in [0.4, 0.5) is 0 Å². The summed E-state index contributed by atoms with van der Waals surface area (Å²) in [5.41, 5.74) is 6.77. The number of carbonyl (C=O) groups is 1. The van der Waals surface area contributed by atoms with E-state index >= 15 is 0 Å². The van der Waals surface area contributed by atoms with Crippen LogP contribution in [0.25, 0.3) is 0 Å². The topological polar surface area (TPSA) is 59.2 Å². The van der Waals surface area contributed by atoms with Gasteiger partial charge in [0.25, 0.3) is 0 Å². The largest absolute Gasteiger partial charge is 0.336 e. The van der Waals surface area contributed by atoms with E-state index in [0.29, 0.717) is 13.0 Å². The molecule has 0 aromatic carbocycles. The van der Waals surface area contributed by atoms with Crippen LogP contribution in [0.1, 0.15) is 45.6 Å². The smallest absolute Gasteiger partial charge is 0.223 e. The molecule has 1 amide bonds. The molecule has 0 saturated carbocycles. The fourth-order valence-corrected chi connectivity index (χ4v) is 1.97. The van der Waals surface area contributed by atoms with Crippen molar-refractivity contribution < 1.29 is 4.79 Å². The van der Waals surface area contributed by atoms with Crippen LogP contribution >= 0.6 is 0 Å². The van der Waals surface area contributed by atoms with Crippen molar-refractivity contribution in [3.8, 4) is 0 Å². The van der Waals surface area contributed by atoms with Gasteiger partial charge in [0.05, 0.1) is 0 Å². The lowest BCUT2D eigenvalue weighted by atomic mass is 10.1. The van der Waals surface area contributed by atoms with Gasteiger partial charge in [-0.3, -0.25) is 9.78 Å². The SMILES string of the molecule is CC(N)CCCC(=O)N(Cc1cccnc1)C(C)C. The van der Waals surface area contributed by atoms with Crippen LogP contribution in [-0.2, 0) is 11.3 Å². The lowest BCUT2D eigenvalue weighted by Gasteiger charge is -2.27. The van der Waals surface area contributed by atoms with Gasteiger partial charge in [-0.2, -0.15) is 0 Å². The van der Waals surface area contributed by atoms with Gasteiger partial charge in [-0.25, -0.2) is 0 Å². The molecule has 2 N–H and O–H groups in total. The highest BCUT2D eigenvalue weighted by Crippen LogP contribution is 2.11. The average Bonchev–Trinajstić information content (AvgIpc) is 2.36. The number of nitrogens with two attached hydrogens (primary N) is 1. The van der Waals surface area contributed by atoms with Gasteiger partial charge in [-0.1, -0.05) is 6.07 Å². The molecule has 0 aliphatic carbocycles. The molecule has 1 aromatic rings. The first kappa shape index (κ1) is 15.6. The lowest BCUT2D eigenvalue weighted by molar-refractivity contribution is -0.133. The van der Waals surface area contributed by atoms with Crippen molar-refractivity contribution >= 4 is 5.91 Å². The predicted octanol–water partition coefficient (Wildman–Crippen LogP) is 2.34. The van der Waals surface area contributed by atoms with Crippen LogP contribution < -0.4 is 5.73 Å². The Morgan fingerprint density at radius 3 is 2.68 bits per heavy atom. The molecule has 1 atom stereocenters. The molecule has 4 nitrogen and oxygen atoms in total. The van der Waals surface area contributed by atoms with Crippen LogP contribution in [-0.4, -0.2) is 27.9 Å². The zero-order valence-electron chi connectivity index (χ0n) is 12.2. The second-order valence-electron chi connectivity index (χ2n) is 5.35. The Labute approximate surface area is 116 Å². The molecule has 0 bridgehead atoms. The predicted molar refractivity (Wildman–Crippen MR) is 77.4 cm³/mol. The first-order valence-electron chi connectivity index (χ1n) is 6.94. The summed E-state index contributed by atoms with van der Waals surface area (Å²) in [5, 5.41) is 0. The minimum atomic E-state index is 0.165. The van der Waals surface area contributed by atoms with Crippen molar-refractivity contribution in [2.24, 2.45) is 5.73 Å². The molecule has 1 heterocycles. The third kappa shape index (κ3) is 5.83. The number of aromatic nitrogens is 1. The van der Waals surface area contributed by atoms with E-state index in [9.17, 15) is 4.79 Å². The lowest BCUT2D eigenvalue weighted by Crippen LogP contribution is -2.36. The van der Waals surface area contributed by atoms with Crippen molar-refractivity contribution in [2.75, 3.05) is 0 Å². The van der Waals surface area contributed by atoms with E-state index in [1.807, 2.05) is 44.0 Å². The molecular formula is C15H25N3O. The van der Waals surface area contributed by atoms with E-state index in [1.54, 1.807) is 6.20 Å². The van der Waals surface area contributed by atoms with E-state index in [4.69, 9.17) is 5.73 Å². The monoisotopic (exact) mass is 263 g/mol. The summed E-state index contributed by atoms with van der Waals surface area (Å²) < 4.78 is 0. The second kappa shape index (κ2) is 7.89. The Kier molecular flexibility index (Phi) is 6.50. The normalized spacial score (nSPS) is 12.5. The van der Waals surface area contributed by atoms with Crippen LogP contribution in [0.3, 0.4) is 0 Å². The van der Waals surface area contributed by atoms with E-state index in [2.05, 4.69) is 4.98 Å². The maximum atomic E-state index is 12.2. The van der Waals surface area contributed by atoms with Gasteiger partial charge in [0.2, 0.25) is 5.91 Å². The minimum absolute atomic E-state index is 0.165. The highest BCUT2D eigenvalue weighted by Gasteiger charge is 2.17. The van der Waals surface area contributed by atoms with Gasteiger partial charge >= 0.3 is 0 Å². The average molecular weight is 263 g/mol. The number of hydrogen-bond donors (Lipinski definition) is 1. The highest BCUT2D eigenvalue weighted by atomic mass is 16.2. The van der Waals surface area contributed by atoms with Gasteiger partial charge in [0.1, 0.15) is 0 Å². The first-order chi connectivity index (χ1) is 9.00. The Bertz CT molecular complexity index is 376. The minimum Gasteiger partial charge on any atom is -0.336 e. The number of hydrogen-bond acceptors (Lipinski definition) is 3. The zero-order chi connectivity index (χ0) is 14.3. The first-order valence-corrected chi connectivity index (χ1v) is 6.94. The van der Waals surface area contributed by atoms with Crippen LogP contribution in [0, 0.1) is 0 Å². The van der Waals surface area contributed by atoms with Crippen LogP contribution in [0.2, 0.25) is 0 Å². The standard InChI is InChI=1S/C15H25N3O/c1-12(2)18(11-14-7-5-9-17-10-14)15(19)8-4-6-13(3)16/h5,7,9-10,12-13H,4,6,8,11,16H2,1-3H3. The molecule has 1 rings (SSSR count). The van der Waals surface area contributed by atoms with Crippen molar-refractivity contribution in [1.82, 2.24) is 9.88 Å². The summed E-state index contributed by atoms with van der Waals surface area (Å²) in [6.07, 6.45) is 5.87. The second-order valence-corrected chi connectivity index (χ2v) is 5.35. The van der Waals surface area contributed by atoms with E-state index in [0.717, 1.165) is 18.4 Å². The summed E-state index contributed by atoms with van der Waals surface area (Å²) in [7, 11) is 0. The molecule has 0 aliphatic rings. The summed E-state index contributed by atoms with van der Waals surface area (Å²) in [5.74, 6) is 0.194. The number of rotatable bonds is 7. The highest BCUT2D eigenvalue weighted by molar-refractivity contribution is 5.76. The molecule has 4 heteroatoms. The number of carbonyl (C=O) groups excluding carboxylic acids is 1. The van der Waals surface area contributed by atoms with Crippen molar-refractivity contribution in [2.45, 2.75) is 58.7 Å². The van der Waals surface area contributed by atoms with Crippen molar-refractivity contribution in [3.05, 3.63) is 30.1 Å². The number of pyridine rings is 1. The van der Waals surface area contributed by atoms with Gasteiger partial charge in [-0.15, -0.1) is 0 Å². The van der Waals surface area contributed by atoms with Crippen molar-refractivity contribution in [1.29, 1.82) is 0 Å². The van der Waals surface area contributed by atoms with Gasteiger partial charge < -0.3 is 10.6 Å². The molecule has 0 fully saturated rings. The molecule has 1 aromatic heterocycles. The van der Waals surface area contributed by atoms with Crippen LogP contribution in [0.5, 0.6) is 0 Å². The molecule has 0 spiro atoms. The molecule has 19 heavy (non-hydrogen) atoms. The Hall–Kier alpha value is -1.42. The molecule has 0 radical (unpaired) electrons. The van der Waals surface area contributed by atoms with E-state index < -0.39 is 0 Å². The van der Waals surface area contributed by atoms with E-state index in [1.165, 1.54) is 0 Å².